The second-order valence-corrected chi connectivity index (χ2v) is 6.07. The summed E-state index contributed by atoms with van der Waals surface area (Å²) in [5, 5.41) is 5.42. The Balaban J connectivity index is 2.43. The van der Waals surface area contributed by atoms with Crippen LogP contribution in [0.5, 0.6) is 0 Å². The number of halogens is 3. The van der Waals surface area contributed by atoms with E-state index in [4.69, 9.17) is 0 Å². The summed E-state index contributed by atoms with van der Waals surface area (Å²) >= 11 is 0. The molecule has 0 radical (unpaired) electrons. The van der Waals surface area contributed by atoms with Gasteiger partial charge in [-0.2, -0.15) is 13.2 Å². The highest BCUT2D eigenvalue weighted by Gasteiger charge is 2.31. The number of amides is 2. The maximum atomic E-state index is 12.3. The Bertz CT molecular complexity index is 488. The first-order chi connectivity index (χ1) is 11.7. The average Bonchev–Trinajstić information content (AvgIpc) is 2.54. The molecule has 144 valence electrons. The van der Waals surface area contributed by atoms with Crippen molar-refractivity contribution in [3.8, 4) is 0 Å². The van der Waals surface area contributed by atoms with Crippen LogP contribution in [0.3, 0.4) is 0 Å². The number of rotatable bonds is 5. The van der Waals surface area contributed by atoms with Gasteiger partial charge in [0, 0.05) is 40.7 Å². The Kier molecular flexibility index (Phi) is 7.98. The van der Waals surface area contributed by atoms with Crippen molar-refractivity contribution in [3.05, 3.63) is 0 Å². The first-order valence-corrected chi connectivity index (χ1v) is 8.13. The summed E-state index contributed by atoms with van der Waals surface area (Å²) in [4.78, 5) is 29.8. The van der Waals surface area contributed by atoms with Crippen molar-refractivity contribution in [1.29, 1.82) is 0 Å². The molecule has 0 bridgehead atoms. The van der Waals surface area contributed by atoms with Crippen LogP contribution in [0.25, 0.3) is 0 Å². The van der Waals surface area contributed by atoms with Gasteiger partial charge in [0.15, 0.2) is 5.96 Å². The third kappa shape index (κ3) is 7.61. The molecule has 0 atom stereocenters. The molecule has 7 nitrogen and oxygen atoms in total. The molecule has 1 fully saturated rings. The lowest BCUT2D eigenvalue weighted by Crippen LogP contribution is -2.49. The Morgan fingerprint density at radius 3 is 2.36 bits per heavy atom. The highest BCUT2D eigenvalue weighted by atomic mass is 19.4. The summed E-state index contributed by atoms with van der Waals surface area (Å²) in [5.41, 5.74) is 0. The molecule has 0 aromatic carbocycles. The van der Waals surface area contributed by atoms with Gasteiger partial charge in [-0.05, 0) is 18.8 Å². The van der Waals surface area contributed by atoms with Crippen LogP contribution in [0.1, 0.15) is 19.3 Å². The molecule has 0 aliphatic carbocycles. The Morgan fingerprint density at radius 2 is 1.88 bits per heavy atom. The fourth-order valence-corrected chi connectivity index (χ4v) is 2.69. The van der Waals surface area contributed by atoms with Gasteiger partial charge in [-0.15, -0.1) is 0 Å². The minimum absolute atomic E-state index is 0.0132. The van der Waals surface area contributed by atoms with Crippen LogP contribution in [0.2, 0.25) is 0 Å². The van der Waals surface area contributed by atoms with Gasteiger partial charge < -0.3 is 20.4 Å². The highest BCUT2D eigenvalue weighted by Crippen LogP contribution is 2.20. The second kappa shape index (κ2) is 9.47. The van der Waals surface area contributed by atoms with Crippen molar-refractivity contribution in [3.63, 3.8) is 0 Å². The normalized spacial score (nSPS) is 16.6. The van der Waals surface area contributed by atoms with Crippen LogP contribution in [0.4, 0.5) is 13.2 Å². The molecule has 2 amide bonds. The van der Waals surface area contributed by atoms with Gasteiger partial charge in [0.05, 0.1) is 6.54 Å². The minimum atomic E-state index is -4.42. The molecule has 0 unspecified atom stereocenters. The average molecular weight is 365 g/mol. The van der Waals surface area contributed by atoms with E-state index in [1.807, 2.05) is 4.90 Å². The standard InChI is InChI=1S/C15H26F3N5O2/c1-19-12(24)8-11-4-6-23(7-5-11)14(20-2)21-9-13(25)22(3)10-15(16,17)18/h11H,4-10H2,1-3H3,(H,19,24)(H,20,21). The number of aliphatic imine (C=N–C) groups is 1. The predicted octanol–water partition coefficient (Wildman–Crippen LogP) is 0.431. The summed E-state index contributed by atoms with van der Waals surface area (Å²) in [6, 6.07) is 0. The maximum absolute atomic E-state index is 12.3. The second-order valence-electron chi connectivity index (χ2n) is 6.07. The molecule has 1 aliphatic rings. The van der Waals surface area contributed by atoms with E-state index in [0.717, 1.165) is 19.9 Å². The van der Waals surface area contributed by atoms with E-state index in [2.05, 4.69) is 15.6 Å². The lowest BCUT2D eigenvalue weighted by atomic mass is 9.93. The summed E-state index contributed by atoms with van der Waals surface area (Å²) in [6.45, 7) is -0.184. The van der Waals surface area contributed by atoms with Crippen LogP contribution in [-0.2, 0) is 9.59 Å². The van der Waals surface area contributed by atoms with E-state index in [-0.39, 0.29) is 12.5 Å². The molecule has 2 N–H and O–H groups in total. The predicted molar refractivity (Wildman–Crippen MR) is 88.0 cm³/mol. The fourth-order valence-electron chi connectivity index (χ4n) is 2.69. The molecular weight excluding hydrogens is 339 g/mol. The number of likely N-dealkylation sites (N-methyl/N-ethyl adjacent to an activating group) is 1. The largest absolute Gasteiger partial charge is 0.406 e. The number of hydrogen-bond donors (Lipinski definition) is 2. The first-order valence-electron chi connectivity index (χ1n) is 8.13. The lowest BCUT2D eigenvalue weighted by molar-refractivity contribution is -0.157. The van der Waals surface area contributed by atoms with Crippen molar-refractivity contribution < 1.29 is 22.8 Å². The number of nitrogens with zero attached hydrogens (tertiary/aromatic N) is 3. The van der Waals surface area contributed by atoms with Gasteiger partial charge >= 0.3 is 6.18 Å². The number of carbonyl (C=O) groups excluding carboxylic acids is 2. The van der Waals surface area contributed by atoms with Gasteiger partial charge in [0.2, 0.25) is 11.8 Å². The number of nitrogens with one attached hydrogen (secondary N) is 2. The molecule has 1 aliphatic heterocycles. The molecular formula is C15H26F3N5O2. The lowest BCUT2D eigenvalue weighted by Gasteiger charge is -2.34. The number of alkyl halides is 3. The van der Waals surface area contributed by atoms with Gasteiger partial charge in [0.1, 0.15) is 6.54 Å². The van der Waals surface area contributed by atoms with Crippen LogP contribution in [0, 0.1) is 5.92 Å². The molecule has 1 saturated heterocycles. The van der Waals surface area contributed by atoms with E-state index < -0.39 is 18.6 Å². The number of hydrogen-bond acceptors (Lipinski definition) is 3. The van der Waals surface area contributed by atoms with Crippen molar-refractivity contribution in [2.45, 2.75) is 25.4 Å². The van der Waals surface area contributed by atoms with Gasteiger partial charge in [0.25, 0.3) is 0 Å². The zero-order chi connectivity index (χ0) is 19.0. The SMILES string of the molecule is CN=C(NCC(=O)N(C)CC(F)(F)F)N1CCC(CC(=O)NC)CC1. The molecule has 0 saturated carbocycles. The van der Waals surface area contributed by atoms with E-state index in [1.165, 1.54) is 0 Å². The Hall–Kier alpha value is -2.00. The molecule has 10 heteroatoms. The topological polar surface area (TPSA) is 77.0 Å². The van der Waals surface area contributed by atoms with Crippen LogP contribution < -0.4 is 10.6 Å². The molecule has 1 rings (SSSR count). The number of guanidine groups is 1. The Morgan fingerprint density at radius 1 is 1.28 bits per heavy atom. The highest BCUT2D eigenvalue weighted by molar-refractivity contribution is 5.86. The van der Waals surface area contributed by atoms with Gasteiger partial charge in [-0.3, -0.25) is 14.6 Å². The van der Waals surface area contributed by atoms with Crippen LogP contribution >= 0.6 is 0 Å². The number of likely N-dealkylation sites (tertiary alicyclic amines) is 1. The van der Waals surface area contributed by atoms with Crippen molar-refractivity contribution in [2.75, 3.05) is 47.3 Å². The quantitative estimate of drug-likeness (QED) is 0.547. The molecule has 0 aromatic rings. The number of carbonyl (C=O) groups is 2. The van der Waals surface area contributed by atoms with E-state index in [9.17, 15) is 22.8 Å². The fraction of sp³-hybridized carbons (Fsp3) is 0.800. The summed E-state index contributed by atoms with van der Waals surface area (Å²) < 4.78 is 36.9. The van der Waals surface area contributed by atoms with Crippen molar-refractivity contribution >= 4 is 17.8 Å². The molecule has 0 aromatic heterocycles. The van der Waals surface area contributed by atoms with E-state index in [0.29, 0.717) is 36.3 Å². The first kappa shape index (κ1) is 21.0. The third-order valence-electron chi connectivity index (χ3n) is 4.12. The van der Waals surface area contributed by atoms with Gasteiger partial charge in [-0.25, -0.2) is 0 Å². The zero-order valence-electron chi connectivity index (χ0n) is 14.8. The van der Waals surface area contributed by atoms with Crippen molar-refractivity contribution in [2.24, 2.45) is 10.9 Å². The van der Waals surface area contributed by atoms with E-state index in [1.54, 1.807) is 14.1 Å². The molecule has 1 heterocycles. The monoisotopic (exact) mass is 365 g/mol. The molecule has 25 heavy (non-hydrogen) atoms. The Labute approximate surface area is 145 Å². The third-order valence-corrected chi connectivity index (χ3v) is 4.12. The van der Waals surface area contributed by atoms with Crippen LogP contribution in [-0.4, -0.2) is 81.1 Å². The summed E-state index contributed by atoms with van der Waals surface area (Å²) in [5.74, 6) is 0.133. The maximum Gasteiger partial charge on any atom is 0.406 e. The molecule has 0 spiro atoms. The summed E-state index contributed by atoms with van der Waals surface area (Å²) in [6.07, 6.45) is -2.30. The van der Waals surface area contributed by atoms with Crippen molar-refractivity contribution in [1.82, 2.24) is 20.4 Å². The zero-order valence-corrected chi connectivity index (χ0v) is 14.8. The minimum Gasteiger partial charge on any atom is -0.359 e. The van der Waals surface area contributed by atoms with Gasteiger partial charge in [-0.1, -0.05) is 0 Å². The number of piperidine rings is 1. The van der Waals surface area contributed by atoms with E-state index >= 15 is 0 Å². The van der Waals surface area contributed by atoms with Crippen LogP contribution in [0.15, 0.2) is 4.99 Å². The smallest absolute Gasteiger partial charge is 0.359 e. The summed E-state index contributed by atoms with van der Waals surface area (Å²) in [7, 11) is 4.28.